The lowest BCUT2D eigenvalue weighted by Crippen LogP contribution is -2.30. The van der Waals surface area contributed by atoms with Crippen molar-refractivity contribution in [1.82, 2.24) is 5.32 Å². The Hall–Kier alpha value is -2.66. The molecule has 1 aliphatic rings. The second-order valence-corrected chi connectivity index (χ2v) is 5.86. The van der Waals surface area contributed by atoms with Gasteiger partial charge >= 0.3 is 0 Å². The number of carbonyl (C=O) groups is 1. The second kappa shape index (κ2) is 6.84. The normalized spacial score (nSPS) is 15.8. The van der Waals surface area contributed by atoms with Crippen molar-refractivity contribution in [2.45, 2.75) is 13.8 Å². The largest absolute Gasteiger partial charge is 0.494 e. The van der Waals surface area contributed by atoms with Crippen LogP contribution in [0.2, 0.25) is 0 Å². The summed E-state index contributed by atoms with van der Waals surface area (Å²) in [6.07, 6.45) is 1.82. The van der Waals surface area contributed by atoms with Crippen LogP contribution in [0, 0.1) is 6.92 Å². The van der Waals surface area contributed by atoms with E-state index in [9.17, 15) is 4.79 Å². The van der Waals surface area contributed by atoms with Crippen LogP contribution in [0.4, 0.5) is 5.69 Å². The van der Waals surface area contributed by atoms with Gasteiger partial charge in [0.15, 0.2) is 5.11 Å². The molecule has 1 saturated heterocycles. The van der Waals surface area contributed by atoms with Gasteiger partial charge in [-0.1, -0.05) is 29.8 Å². The van der Waals surface area contributed by atoms with Crippen molar-refractivity contribution in [3.05, 3.63) is 65.4 Å². The van der Waals surface area contributed by atoms with Crippen molar-refractivity contribution in [3.8, 4) is 5.75 Å². The smallest absolute Gasteiger partial charge is 0.281 e. The first-order chi connectivity index (χ1) is 11.6. The number of anilines is 1. The number of nitrogens with zero attached hydrogens (tertiary/aromatic N) is 1. The van der Waals surface area contributed by atoms with E-state index in [1.165, 1.54) is 4.90 Å². The summed E-state index contributed by atoms with van der Waals surface area (Å²) < 4.78 is 5.43. The average Bonchev–Trinajstić information content (AvgIpc) is 2.83. The third-order valence-electron chi connectivity index (χ3n) is 3.64. The van der Waals surface area contributed by atoms with Gasteiger partial charge in [-0.15, -0.1) is 0 Å². The lowest BCUT2D eigenvalue weighted by atomic mass is 10.1. The molecule has 2 aromatic carbocycles. The molecule has 0 bridgehead atoms. The van der Waals surface area contributed by atoms with Crippen molar-refractivity contribution in [2.24, 2.45) is 0 Å². The van der Waals surface area contributed by atoms with E-state index in [4.69, 9.17) is 17.0 Å². The molecule has 0 aliphatic carbocycles. The van der Waals surface area contributed by atoms with Crippen LogP contribution in [-0.2, 0) is 4.79 Å². The van der Waals surface area contributed by atoms with Gasteiger partial charge in [-0.2, -0.15) is 0 Å². The van der Waals surface area contributed by atoms with Gasteiger partial charge in [0, 0.05) is 0 Å². The molecule has 0 radical (unpaired) electrons. The highest BCUT2D eigenvalue weighted by Gasteiger charge is 2.31. The molecule has 1 fully saturated rings. The van der Waals surface area contributed by atoms with Crippen LogP contribution in [0.5, 0.6) is 5.75 Å². The molecule has 24 heavy (non-hydrogen) atoms. The minimum Gasteiger partial charge on any atom is -0.494 e. The van der Waals surface area contributed by atoms with Crippen LogP contribution in [-0.4, -0.2) is 17.6 Å². The molecule has 0 unspecified atom stereocenters. The maximum Gasteiger partial charge on any atom is 0.281 e. The highest BCUT2D eigenvalue weighted by atomic mass is 32.1. The molecule has 0 saturated carbocycles. The van der Waals surface area contributed by atoms with E-state index in [1.54, 1.807) is 0 Å². The number of carbonyl (C=O) groups excluding carboxylic acids is 1. The van der Waals surface area contributed by atoms with Gasteiger partial charge in [-0.25, -0.2) is 0 Å². The molecular formula is C19H18N2O2S. The van der Waals surface area contributed by atoms with Crippen molar-refractivity contribution in [2.75, 3.05) is 11.5 Å². The van der Waals surface area contributed by atoms with Gasteiger partial charge in [0.05, 0.1) is 12.3 Å². The molecule has 122 valence electrons. The van der Waals surface area contributed by atoms with Crippen LogP contribution >= 0.6 is 12.2 Å². The molecule has 5 heteroatoms. The number of ether oxygens (including phenoxy) is 1. The van der Waals surface area contributed by atoms with Crippen LogP contribution in [0.3, 0.4) is 0 Å². The number of nitrogens with one attached hydrogen (secondary N) is 1. The molecule has 2 aromatic rings. The van der Waals surface area contributed by atoms with Crippen LogP contribution < -0.4 is 15.0 Å². The lowest BCUT2D eigenvalue weighted by Gasteiger charge is -2.14. The van der Waals surface area contributed by atoms with Crippen LogP contribution in [0.15, 0.2) is 54.2 Å². The zero-order valence-corrected chi connectivity index (χ0v) is 14.4. The number of rotatable bonds is 4. The van der Waals surface area contributed by atoms with Crippen molar-refractivity contribution >= 4 is 35.0 Å². The van der Waals surface area contributed by atoms with Crippen LogP contribution in [0.1, 0.15) is 18.1 Å². The highest BCUT2D eigenvalue weighted by molar-refractivity contribution is 7.80. The quantitative estimate of drug-likeness (QED) is 0.682. The minimum atomic E-state index is -0.161. The summed E-state index contributed by atoms with van der Waals surface area (Å²) in [6.45, 7) is 4.55. The highest BCUT2D eigenvalue weighted by Crippen LogP contribution is 2.25. The molecule has 3 rings (SSSR count). The molecule has 4 nitrogen and oxygen atoms in total. The van der Waals surface area contributed by atoms with Gasteiger partial charge < -0.3 is 10.1 Å². The molecule has 1 N–H and O–H groups in total. The first kappa shape index (κ1) is 16.2. The standard InChI is InChI=1S/C19H18N2O2S/c1-3-23-16-9-7-15(8-10-16)21-18(22)17(20-19(21)24)12-14-6-4-5-13(2)11-14/h4-12H,3H2,1-2H3,(H,20,24). The number of aryl methyl sites for hydroxylation is 1. The molecule has 1 heterocycles. The van der Waals surface area contributed by atoms with E-state index < -0.39 is 0 Å². The molecule has 0 aromatic heterocycles. The van der Waals surface area contributed by atoms with Gasteiger partial charge in [0.1, 0.15) is 11.4 Å². The predicted octanol–water partition coefficient (Wildman–Crippen LogP) is 3.66. The van der Waals surface area contributed by atoms with Gasteiger partial charge in [-0.3, -0.25) is 9.69 Å². The summed E-state index contributed by atoms with van der Waals surface area (Å²) in [5.41, 5.74) is 3.29. The van der Waals surface area contributed by atoms with Crippen molar-refractivity contribution in [3.63, 3.8) is 0 Å². The fourth-order valence-corrected chi connectivity index (χ4v) is 2.85. The fraction of sp³-hybridized carbons (Fsp3) is 0.158. The van der Waals surface area contributed by atoms with E-state index in [-0.39, 0.29) is 5.91 Å². The zero-order chi connectivity index (χ0) is 17.1. The Morgan fingerprint density at radius 1 is 1.21 bits per heavy atom. The van der Waals surface area contributed by atoms with Gasteiger partial charge in [-0.05, 0) is 62.0 Å². The Kier molecular flexibility index (Phi) is 4.62. The Labute approximate surface area is 146 Å². The molecule has 0 spiro atoms. The topological polar surface area (TPSA) is 41.6 Å². The Balaban J connectivity index is 1.86. The minimum absolute atomic E-state index is 0.161. The van der Waals surface area contributed by atoms with Crippen molar-refractivity contribution in [1.29, 1.82) is 0 Å². The summed E-state index contributed by atoms with van der Waals surface area (Å²) >= 11 is 5.32. The summed E-state index contributed by atoms with van der Waals surface area (Å²) in [6, 6.07) is 15.3. The summed E-state index contributed by atoms with van der Waals surface area (Å²) in [5, 5.41) is 3.38. The number of amides is 1. The first-order valence-electron chi connectivity index (χ1n) is 7.75. The summed E-state index contributed by atoms with van der Waals surface area (Å²) in [7, 11) is 0. The second-order valence-electron chi connectivity index (χ2n) is 5.47. The van der Waals surface area contributed by atoms with E-state index in [0.717, 1.165) is 16.9 Å². The van der Waals surface area contributed by atoms with E-state index in [1.807, 2.05) is 68.5 Å². The predicted molar refractivity (Wildman–Crippen MR) is 100.0 cm³/mol. The third kappa shape index (κ3) is 3.31. The fourth-order valence-electron chi connectivity index (χ4n) is 2.55. The maximum atomic E-state index is 12.7. The van der Waals surface area contributed by atoms with Gasteiger partial charge in [0.25, 0.3) is 5.91 Å². The Bertz CT molecular complexity index is 812. The molecular weight excluding hydrogens is 320 g/mol. The maximum absolute atomic E-state index is 12.7. The van der Waals surface area contributed by atoms with E-state index >= 15 is 0 Å². The Morgan fingerprint density at radius 2 is 1.96 bits per heavy atom. The SMILES string of the molecule is CCOc1ccc(N2C(=O)C(=Cc3cccc(C)c3)NC2=S)cc1. The first-order valence-corrected chi connectivity index (χ1v) is 8.16. The monoisotopic (exact) mass is 338 g/mol. The summed E-state index contributed by atoms with van der Waals surface area (Å²) in [5.74, 6) is 0.605. The number of hydrogen-bond donors (Lipinski definition) is 1. The molecule has 1 amide bonds. The third-order valence-corrected chi connectivity index (χ3v) is 3.92. The molecule has 0 atom stereocenters. The molecule has 1 aliphatic heterocycles. The van der Waals surface area contributed by atoms with E-state index in [2.05, 4.69) is 5.32 Å². The van der Waals surface area contributed by atoms with E-state index in [0.29, 0.717) is 23.1 Å². The summed E-state index contributed by atoms with van der Waals surface area (Å²) in [4.78, 5) is 14.2. The average molecular weight is 338 g/mol. The number of benzene rings is 2. The lowest BCUT2D eigenvalue weighted by molar-refractivity contribution is -0.113. The van der Waals surface area contributed by atoms with Crippen LogP contribution in [0.25, 0.3) is 6.08 Å². The van der Waals surface area contributed by atoms with Crippen molar-refractivity contribution < 1.29 is 9.53 Å². The number of hydrogen-bond acceptors (Lipinski definition) is 3. The van der Waals surface area contributed by atoms with Gasteiger partial charge in [0.2, 0.25) is 0 Å². The number of thiocarbonyl (C=S) groups is 1. The zero-order valence-electron chi connectivity index (χ0n) is 13.6. The Morgan fingerprint density at radius 3 is 2.62 bits per heavy atom.